The zero-order chi connectivity index (χ0) is 14.5. The fourth-order valence-corrected chi connectivity index (χ4v) is 2.23. The summed E-state index contributed by atoms with van der Waals surface area (Å²) in [4.78, 5) is 12.1. The molecular formula is C17H18O3. The van der Waals surface area contributed by atoms with E-state index in [1.54, 1.807) is 20.1 Å². The molecule has 0 bridgehead atoms. The Hall–Kier alpha value is -2.29. The van der Waals surface area contributed by atoms with Gasteiger partial charge in [-0.2, -0.15) is 0 Å². The van der Waals surface area contributed by atoms with Gasteiger partial charge in [0.25, 0.3) is 0 Å². The molecule has 3 heteroatoms. The van der Waals surface area contributed by atoms with Gasteiger partial charge in [0.2, 0.25) is 0 Å². The van der Waals surface area contributed by atoms with Crippen LogP contribution in [0.4, 0.5) is 0 Å². The molecule has 0 heterocycles. The molecule has 0 N–H and O–H groups in total. The Kier molecular flexibility index (Phi) is 4.41. The Bertz CT molecular complexity index is 617. The lowest BCUT2D eigenvalue weighted by atomic mass is 9.95. The normalized spacial score (nSPS) is 10.2. The average molecular weight is 270 g/mol. The van der Waals surface area contributed by atoms with Crippen LogP contribution in [0.3, 0.4) is 0 Å². The van der Waals surface area contributed by atoms with Crippen molar-refractivity contribution in [2.24, 2.45) is 0 Å². The standard InChI is InChI=1S/C17H18O3/c1-4-20-17(18)15-9-6-5-8-14(15)13-10-7-11-16(19-3)12(13)2/h5-11H,4H2,1-3H3. The van der Waals surface area contributed by atoms with Gasteiger partial charge in [-0.15, -0.1) is 0 Å². The number of hydrogen-bond donors (Lipinski definition) is 0. The second-order valence-corrected chi connectivity index (χ2v) is 4.40. The monoisotopic (exact) mass is 270 g/mol. The van der Waals surface area contributed by atoms with Gasteiger partial charge in [0.05, 0.1) is 19.3 Å². The summed E-state index contributed by atoms with van der Waals surface area (Å²) in [6.45, 7) is 4.15. The average Bonchev–Trinajstić information content (AvgIpc) is 2.48. The van der Waals surface area contributed by atoms with Gasteiger partial charge in [0, 0.05) is 0 Å². The number of carbonyl (C=O) groups is 1. The van der Waals surface area contributed by atoms with Gasteiger partial charge in [-0.05, 0) is 42.7 Å². The van der Waals surface area contributed by atoms with Gasteiger partial charge in [0.1, 0.15) is 5.75 Å². The Labute approximate surface area is 119 Å². The Balaban J connectivity index is 2.56. The van der Waals surface area contributed by atoms with Crippen LogP contribution >= 0.6 is 0 Å². The van der Waals surface area contributed by atoms with Crippen molar-refractivity contribution in [3.05, 3.63) is 53.6 Å². The van der Waals surface area contributed by atoms with Crippen molar-refractivity contribution in [3.8, 4) is 16.9 Å². The number of carbonyl (C=O) groups excluding carboxylic acids is 1. The third-order valence-electron chi connectivity index (χ3n) is 3.22. The fourth-order valence-electron chi connectivity index (χ4n) is 2.23. The lowest BCUT2D eigenvalue weighted by Crippen LogP contribution is -2.06. The topological polar surface area (TPSA) is 35.5 Å². The van der Waals surface area contributed by atoms with E-state index >= 15 is 0 Å². The maximum absolute atomic E-state index is 12.1. The van der Waals surface area contributed by atoms with E-state index in [1.165, 1.54) is 0 Å². The molecule has 2 aromatic rings. The first kappa shape index (κ1) is 14.1. The largest absolute Gasteiger partial charge is 0.496 e. The molecule has 0 spiro atoms. The molecule has 104 valence electrons. The molecule has 2 rings (SSSR count). The summed E-state index contributed by atoms with van der Waals surface area (Å²) in [5.41, 5.74) is 3.42. The van der Waals surface area contributed by atoms with Crippen molar-refractivity contribution in [1.82, 2.24) is 0 Å². The van der Waals surface area contributed by atoms with E-state index in [-0.39, 0.29) is 5.97 Å². The van der Waals surface area contributed by atoms with Crippen molar-refractivity contribution in [2.75, 3.05) is 13.7 Å². The van der Waals surface area contributed by atoms with E-state index in [9.17, 15) is 4.79 Å². The SMILES string of the molecule is CCOC(=O)c1ccccc1-c1cccc(OC)c1C. The van der Waals surface area contributed by atoms with Crippen LogP contribution in [0.15, 0.2) is 42.5 Å². The summed E-state index contributed by atoms with van der Waals surface area (Å²) in [7, 11) is 1.64. The molecule has 20 heavy (non-hydrogen) atoms. The minimum absolute atomic E-state index is 0.301. The molecule has 0 saturated heterocycles. The predicted molar refractivity (Wildman–Crippen MR) is 79.1 cm³/mol. The molecule has 2 aromatic carbocycles. The summed E-state index contributed by atoms with van der Waals surface area (Å²) in [6.07, 6.45) is 0. The summed E-state index contributed by atoms with van der Waals surface area (Å²) >= 11 is 0. The first-order valence-corrected chi connectivity index (χ1v) is 6.59. The minimum atomic E-state index is -0.301. The number of ether oxygens (including phenoxy) is 2. The zero-order valence-corrected chi connectivity index (χ0v) is 12.0. The number of methoxy groups -OCH3 is 1. The third-order valence-corrected chi connectivity index (χ3v) is 3.22. The molecule has 0 fully saturated rings. The second kappa shape index (κ2) is 6.24. The van der Waals surface area contributed by atoms with Crippen molar-refractivity contribution in [1.29, 1.82) is 0 Å². The zero-order valence-electron chi connectivity index (χ0n) is 12.0. The lowest BCUT2D eigenvalue weighted by Gasteiger charge is -2.13. The smallest absolute Gasteiger partial charge is 0.338 e. The molecular weight excluding hydrogens is 252 g/mol. The summed E-state index contributed by atoms with van der Waals surface area (Å²) in [5.74, 6) is 0.506. The van der Waals surface area contributed by atoms with Gasteiger partial charge in [-0.3, -0.25) is 0 Å². The van der Waals surface area contributed by atoms with Gasteiger partial charge in [-0.1, -0.05) is 30.3 Å². The van der Waals surface area contributed by atoms with E-state index < -0.39 is 0 Å². The fraction of sp³-hybridized carbons (Fsp3) is 0.235. The third kappa shape index (κ3) is 2.67. The van der Waals surface area contributed by atoms with Crippen LogP contribution in [-0.2, 0) is 4.74 Å². The summed E-state index contributed by atoms with van der Waals surface area (Å²) < 4.78 is 10.5. The van der Waals surface area contributed by atoms with E-state index in [2.05, 4.69) is 0 Å². The molecule has 3 nitrogen and oxygen atoms in total. The van der Waals surface area contributed by atoms with Gasteiger partial charge in [0.15, 0.2) is 0 Å². The van der Waals surface area contributed by atoms with E-state index in [1.807, 2.05) is 43.3 Å². The van der Waals surface area contributed by atoms with Crippen molar-refractivity contribution in [2.45, 2.75) is 13.8 Å². The van der Waals surface area contributed by atoms with Crippen LogP contribution in [0.5, 0.6) is 5.75 Å². The molecule has 0 aliphatic carbocycles. The molecule has 0 amide bonds. The maximum atomic E-state index is 12.1. The second-order valence-electron chi connectivity index (χ2n) is 4.40. The number of benzene rings is 2. The lowest BCUT2D eigenvalue weighted by molar-refractivity contribution is 0.0527. The Morgan fingerprint density at radius 3 is 2.45 bits per heavy atom. The van der Waals surface area contributed by atoms with Crippen LogP contribution < -0.4 is 4.74 Å². The molecule has 0 atom stereocenters. The molecule has 0 aliphatic rings. The van der Waals surface area contributed by atoms with Crippen molar-refractivity contribution in [3.63, 3.8) is 0 Å². The number of rotatable bonds is 4. The Morgan fingerprint density at radius 2 is 1.75 bits per heavy atom. The number of hydrogen-bond acceptors (Lipinski definition) is 3. The van der Waals surface area contributed by atoms with E-state index in [0.29, 0.717) is 12.2 Å². The highest BCUT2D eigenvalue weighted by molar-refractivity contribution is 5.97. The molecule has 0 aliphatic heterocycles. The molecule has 0 aromatic heterocycles. The van der Waals surface area contributed by atoms with Crippen LogP contribution in [0.2, 0.25) is 0 Å². The van der Waals surface area contributed by atoms with Gasteiger partial charge < -0.3 is 9.47 Å². The van der Waals surface area contributed by atoms with Crippen molar-refractivity contribution < 1.29 is 14.3 Å². The predicted octanol–water partition coefficient (Wildman–Crippen LogP) is 3.85. The maximum Gasteiger partial charge on any atom is 0.338 e. The molecule has 0 radical (unpaired) electrons. The summed E-state index contributed by atoms with van der Waals surface area (Å²) in [6, 6.07) is 13.3. The minimum Gasteiger partial charge on any atom is -0.496 e. The van der Waals surface area contributed by atoms with Crippen LogP contribution in [-0.4, -0.2) is 19.7 Å². The highest BCUT2D eigenvalue weighted by Crippen LogP contribution is 2.32. The van der Waals surface area contributed by atoms with Gasteiger partial charge >= 0.3 is 5.97 Å². The summed E-state index contributed by atoms with van der Waals surface area (Å²) in [5, 5.41) is 0. The quantitative estimate of drug-likeness (QED) is 0.792. The first-order chi connectivity index (χ1) is 9.69. The highest BCUT2D eigenvalue weighted by atomic mass is 16.5. The molecule has 0 saturated carbocycles. The van der Waals surface area contributed by atoms with Crippen molar-refractivity contribution >= 4 is 5.97 Å². The van der Waals surface area contributed by atoms with Crippen LogP contribution in [0.1, 0.15) is 22.8 Å². The highest BCUT2D eigenvalue weighted by Gasteiger charge is 2.15. The van der Waals surface area contributed by atoms with Crippen LogP contribution in [0, 0.1) is 6.92 Å². The number of esters is 1. The Morgan fingerprint density at radius 1 is 1.05 bits per heavy atom. The van der Waals surface area contributed by atoms with Gasteiger partial charge in [-0.25, -0.2) is 4.79 Å². The van der Waals surface area contributed by atoms with E-state index in [0.717, 1.165) is 22.4 Å². The molecule has 0 unspecified atom stereocenters. The first-order valence-electron chi connectivity index (χ1n) is 6.59. The van der Waals surface area contributed by atoms with E-state index in [4.69, 9.17) is 9.47 Å². The van der Waals surface area contributed by atoms with Crippen LogP contribution in [0.25, 0.3) is 11.1 Å².